The van der Waals surface area contributed by atoms with Gasteiger partial charge in [0.1, 0.15) is 0 Å². The van der Waals surface area contributed by atoms with E-state index in [-0.39, 0.29) is 18.4 Å². The van der Waals surface area contributed by atoms with Crippen LogP contribution in [0.4, 0.5) is 0 Å². The van der Waals surface area contributed by atoms with Gasteiger partial charge in [0.2, 0.25) is 5.91 Å². The molecule has 0 saturated heterocycles. The molecule has 4 nitrogen and oxygen atoms in total. The molecule has 0 rings (SSSR count). The Morgan fingerprint density at radius 2 is 1.69 bits per heavy atom. The summed E-state index contributed by atoms with van der Waals surface area (Å²) in [6.07, 6.45) is 0. The molecular weight excluding hydrogens is 204 g/mol. The summed E-state index contributed by atoms with van der Waals surface area (Å²) < 4.78 is 0. The van der Waals surface area contributed by atoms with E-state index in [0.29, 0.717) is 11.1 Å². The Hall–Kier alpha value is -1.58. The van der Waals surface area contributed by atoms with Crippen LogP contribution in [-0.4, -0.2) is 37.4 Å². The van der Waals surface area contributed by atoms with Crippen molar-refractivity contribution >= 4 is 11.8 Å². The minimum absolute atomic E-state index is 0.0815. The Morgan fingerprint density at radius 3 is 2.00 bits per heavy atom. The number of hydrogen-bond acceptors (Lipinski definition) is 2. The first-order valence-corrected chi connectivity index (χ1v) is 5.09. The molecule has 0 heterocycles. The number of rotatable bonds is 4. The lowest BCUT2D eigenvalue weighted by atomic mass is 10.1. The van der Waals surface area contributed by atoms with Gasteiger partial charge in [0.15, 0.2) is 0 Å². The Labute approximate surface area is 97.0 Å². The van der Waals surface area contributed by atoms with Gasteiger partial charge >= 0.3 is 0 Å². The van der Waals surface area contributed by atoms with Gasteiger partial charge in [-0.1, -0.05) is 12.2 Å². The van der Waals surface area contributed by atoms with Gasteiger partial charge in [-0.15, -0.1) is 0 Å². The maximum Gasteiger partial charge on any atom is 0.250 e. The zero-order chi connectivity index (χ0) is 12.9. The predicted octanol–water partition coefficient (Wildman–Crippen LogP) is 1.10. The molecule has 0 spiro atoms. The molecule has 0 aliphatic carbocycles. The topological polar surface area (TPSA) is 49.4 Å². The van der Waals surface area contributed by atoms with Crippen LogP contribution in [0.15, 0.2) is 23.3 Å². The molecule has 0 radical (unpaired) electrons. The summed E-state index contributed by atoms with van der Waals surface area (Å²) in [6, 6.07) is 0. The molecule has 4 heteroatoms. The second-order valence-corrected chi connectivity index (χ2v) is 4.14. The zero-order valence-corrected chi connectivity index (χ0v) is 10.7. The summed E-state index contributed by atoms with van der Waals surface area (Å²) in [5.74, 6) is -0.313. The van der Waals surface area contributed by atoms with Gasteiger partial charge in [-0.2, -0.15) is 0 Å². The molecule has 0 unspecified atom stereocenters. The molecular formula is C12H20N2O2. The van der Waals surface area contributed by atoms with E-state index in [4.69, 9.17) is 0 Å². The highest BCUT2D eigenvalue weighted by Gasteiger charge is 2.14. The van der Waals surface area contributed by atoms with Crippen molar-refractivity contribution in [1.82, 2.24) is 10.2 Å². The second kappa shape index (κ2) is 6.10. The van der Waals surface area contributed by atoms with Gasteiger partial charge in [0.05, 0.1) is 0 Å². The standard InChI is InChI=1S/C12H20N2O2/c1-8(2)10(12(16)14(5)6)7-13-11(15)9(3)4/h3,7H2,1-2,4-6H3,(H,13,15). The number of allylic oxidation sites excluding steroid dienone is 1. The normalized spacial score (nSPS) is 9.31. The van der Waals surface area contributed by atoms with Crippen LogP contribution in [0, 0.1) is 0 Å². The SMILES string of the molecule is C=C(C)C(=O)NCC(C(=O)N(C)C)=C(C)C. The second-order valence-electron chi connectivity index (χ2n) is 4.14. The summed E-state index contributed by atoms with van der Waals surface area (Å²) in [5, 5.41) is 2.66. The predicted molar refractivity (Wildman–Crippen MR) is 64.9 cm³/mol. The maximum atomic E-state index is 11.8. The third-order valence-corrected chi connectivity index (χ3v) is 2.08. The number of amides is 2. The number of carbonyl (C=O) groups is 2. The van der Waals surface area contributed by atoms with Crippen LogP contribution >= 0.6 is 0 Å². The van der Waals surface area contributed by atoms with E-state index in [1.807, 2.05) is 13.8 Å². The largest absolute Gasteiger partial charge is 0.348 e. The minimum Gasteiger partial charge on any atom is -0.348 e. The van der Waals surface area contributed by atoms with Gasteiger partial charge in [-0.3, -0.25) is 9.59 Å². The quantitative estimate of drug-likeness (QED) is 0.727. The first-order valence-electron chi connectivity index (χ1n) is 5.09. The average molecular weight is 224 g/mol. The van der Waals surface area contributed by atoms with Crippen molar-refractivity contribution in [3.05, 3.63) is 23.3 Å². The lowest BCUT2D eigenvalue weighted by Crippen LogP contribution is -2.33. The van der Waals surface area contributed by atoms with E-state index >= 15 is 0 Å². The average Bonchev–Trinajstić information content (AvgIpc) is 2.16. The molecule has 2 amide bonds. The smallest absolute Gasteiger partial charge is 0.250 e. The summed E-state index contributed by atoms with van der Waals surface area (Å²) in [7, 11) is 3.37. The highest BCUT2D eigenvalue weighted by Crippen LogP contribution is 2.05. The van der Waals surface area contributed by atoms with Gasteiger partial charge in [-0.05, 0) is 20.8 Å². The van der Waals surface area contributed by atoms with Crippen LogP contribution in [0.1, 0.15) is 20.8 Å². The Balaban J connectivity index is 4.64. The molecule has 16 heavy (non-hydrogen) atoms. The fourth-order valence-corrected chi connectivity index (χ4v) is 1.06. The Morgan fingerprint density at radius 1 is 1.19 bits per heavy atom. The van der Waals surface area contributed by atoms with Crippen LogP contribution in [0.3, 0.4) is 0 Å². The van der Waals surface area contributed by atoms with E-state index in [1.165, 1.54) is 4.90 Å². The first kappa shape index (κ1) is 14.4. The van der Waals surface area contributed by atoms with Crippen molar-refractivity contribution in [2.24, 2.45) is 0 Å². The van der Waals surface area contributed by atoms with Crippen molar-refractivity contribution < 1.29 is 9.59 Å². The monoisotopic (exact) mass is 224 g/mol. The molecule has 90 valence electrons. The van der Waals surface area contributed by atoms with Gasteiger partial charge in [-0.25, -0.2) is 0 Å². The van der Waals surface area contributed by atoms with Gasteiger partial charge < -0.3 is 10.2 Å². The fourth-order valence-electron chi connectivity index (χ4n) is 1.06. The molecule has 0 saturated carbocycles. The third kappa shape index (κ3) is 4.29. The number of hydrogen-bond donors (Lipinski definition) is 1. The number of nitrogens with zero attached hydrogens (tertiary/aromatic N) is 1. The van der Waals surface area contributed by atoms with E-state index in [1.54, 1.807) is 21.0 Å². The third-order valence-electron chi connectivity index (χ3n) is 2.08. The molecule has 1 N–H and O–H groups in total. The fraction of sp³-hybridized carbons (Fsp3) is 0.500. The van der Waals surface area contributed by atoms with Crippen LogP contribution in [0.5, 0.6) is 0 Å². The van der Waals surface area contributed by atoms with Gasteiger partial charge in [0.25, 0.3) is 5.91 Å². The molecule has 0 aliphatic rings. The van der Waals surface area contributed by atoms with Crippen molar-refractivity contribution in [2.75, 3.05) is 20.6 Å². The van der Waals surface area contributed by atoms with Crippen LogP contribution < -0.4 is 5.32 Å². The molecule has 0 aromatic heterocycles. The van der Waals surface area contributed by atoms with Crippen molar-refractivity contribution in [2.45, 2.75) is 20.8 Å². The molecule has 0 aromatic rings. The molecule has 0 bridgehead atoms. The van der Waals surface area contributed by atoms with E-state index in [0.717, 1.165) is 5.57 Å². The highest BCUT2D eigenvalue weighted by atomic mass is 16.2. The number of nitrogens with one attached hydrogen (secondary N) is 1. The van der Waals surface area contributed by atoms with E-state index in [2.05, 4.69) is 11.9 Å². The molecule has 0 aromatic carbocycles. The minimum atomic E-state index is -0.231. The number of likely N-dealkylation sites (N-methyl/N-ethyl adjacent to an activating group) is 1. The van der Waals surface area contributed by atoms with Crippen molar-refractivity contribution in [3.63, 3.8) is 0 Å². The summed E-state index contributed by atoms with van der Waals surface area (Å²) in [6.45, 7) is 9.11. The first-order chi connectivity index (χ1) is 7.27. The molecule has 0 aliphatic heterocycles. The van der Waals surface area contributed by atoms with E-state index < -0.39 is 0 Å². The maximum absolute atomic E-state index is 11.8. The summed E-state index contributed by atoms with van der Waals surface area (Å²) in [5.41, 5.74) is 1.95. The lowest BCUT2D eigenvalue weighted by Gasteiger charge is -2.15. The zero-order valence-electron chi connectivity index (χ0n) is 10.7. The Bertz CT molecular complexity index is 337. The van der Waals surface area contributed by atoms with Gasteiger partial charge in [0, 0.05) is 31.8 Å². The highest BCUT2D eigenvalue weighted by molar-refractivity contribution is 5.96. The van der Waals surface area contributed by atoms with Crippen LogP contribution in [0.25, 0.3) is 0 Å². The Kier molecular flexibility index (Phi) is 5.50. The van der Waals surface area contributed by atoms with Crippen LogP contribution in [-0.2, 0) is 9.59 Å². The summed E-state index contributed by atoms with van der Waals surface area (Å²) >= 11 is 0. The van der Waals surface area contributed by atoms with Crippen molar-refractivity contribution in [3.8, 4) is 0 Å². The molecule has 0 fully saturated rings. The lowest BCUT2D eigenvalue weighted by molar-refractivity contribution is -0.124. The number of carbonyl (C=O) groups excluding carboxylic acids is 2. The van der Waals surface area contributed by atoms with Crippen molar-refractivity contribution in [1.29, 1.82) is 0 Å². The molecule has 0 atom stereocenters. The van der Waals surface area contributed by atoms with Crippen LogP contribution in [0.2, 0.25) is 0 Å². The summed E-state index contributed by atoms with van der Waals surface area (Å²) in [4.78, 5) is 24.6. The van der Waals surface area contributed by atoms with E-state index in [9.17, 15) is 9.59 Å².